The molecule has 0 bridgehead atoms. The second kappa shape index (κ2) is 6.84. The number of fused-ring (bicyclic) bond motifs is 1. The Bertz CT molecular complexity index is 1150. The maximum Gasteiger partial charge on any atom is 0.238 e. The van der Waals surface area contributed by atoms with Crippen molar-refractivity contribution >= 4 is 34.3 Å². The van der Waals surface area contributed by atoms with E-state index in [0.29, 0.717) is 11.4 Å². The van der Waals surface area contributed by atoms with E-state index in [-0.39, 0.29) is 17.1 Å². The van der Waals surface area contributed by atoms with E-state index < -0.39 is 0 Å². The van der Waals surface area contributed by atoms with E-state index in [0.717, 1.165) is 27.7 Å². The van der Waals surface area contributed by atoms with Gasteiger partial charge in [0.25, 0.3) is 0 Å². The zero-order valence-electron chi connectivity index (χ0n) is 14.9. The van der Waals surface area contributed by atoms with E-state index in [1.807, 2.05) is 30.3 Å². The molecule has 1 atom stereocenters. The van der Waals surface area contributed by atoms with Crippen molar-refractivity contribution in [3.8, 4) is 11.3 Å². The Balaban J connectivity index is 1.71. The molecule has 1 aliphatic rings. The fraction of sp³-hybridized carbons (Fsp3) is 0.0870. The van der Waals surface area contributed by atoms with Crippen LogP contribution in [0.5, 0.6) is 0 Å². The van der Waals surface area contributed by atoms with Crippen molar-refractivity contribution in [2.75, 3.05) is 10.7 Å². The molecule has 1 amide bonds. The first-order valence-corrected chi connectivity index (χ1v) is 10.1. The fourth-order valence-corrected chi connectivity index (χ4v) is 5.01. The number of nitrogens with zero attached hydrogens (tertiary/aromatic N) is 1. The summed E-state index contributed by atoms with van der Waals surface area (Å²) in [6, 6.07) is 24.4. The van der Waals surface area contributed by atoms with Gasteiger partial charge < -0.3 is 4.98 Å². The zero-order valence-corrected chi connectivity index (χ0v) is 15.7. The number of H-pyrrole nitrogens is 1. The van der Waals surface area contributed by atoms with Gasteiger partial charge in [0.15, 0.2) is 0 Å². The van der Waals surface area contributed by atoms with Gasteiger partial charge in [-0.3, -0.25) is 9.69 Å². The third-order valence-electron chi connectivity index (χ3n) is 5.03. The Labute approximate surface area is 166 Å². The monoisotopic (exact) mass is 388 g/mol. The number of hydrogen-bond acceptors (Lipinski definition) is 2. The van der Waals surface area contributed by atoms with Crippen molar-refractivity contribution in [1.82, 2.24) is 4.98 Å². The first-order chi connectivity index (χ1) is 13.7. The molecule has 0 radical (unpaired) electrons. The molecule has 1 unspecified atom stereocenters. The number of rotatable bonds is 3. The molecule has 3 nitrogen and oxygen atoms in total. The van der Waals surface area contributed by atoms with Crippen LogP contribution in [0.1, 0.15) is 10.9 Å². The van der Waals surface area contributed by atoms with Crippen molar-refractivity contribution in [3.05, 3.63) is 90.2 Å². The minimum atomic E-state index is -0.309. The number of aromatic nitrogens is 1. The summed E-state index contributed by atoms with van der Waals surface area (Å²) in [5.74, 6) is 0.123. The van der Waals surface area contributed by atoms with Gasteiger partial charge in [-0.15, -0.1) is 11.8 Å². The normalized spacial score (nSPS) is 16.8. The quantitative estimate of drug-likeness (QED) is 0.485. The molecule has 1 aromatic heterocycles. The first-order valence-electron chi connectivity index (χ1n) is 9.07. The van der Waals surface area contributed by atoms with Crippen LogP contribution in [-0.2, 0) is 4.79 Å². The summed E-state index contributed by atoms with van der Waals surface area (Å²) >= 11 is 1.60. The smallest absolute Gasteiger partial charge is 0.238 e. The van der Waals surface area contributed by atoms with Crippen molar-refractivity contribution < 1.29 is 9.18 Å². The number of carbonyl (C=O) groups is 1. The van der Waals surface area contributed by atoms with E-state index >= 15 is 0 Å². The topological polar surface area (TPSA) is 36.1 Å². The number of carbonyl (C=O) groups excluding carboxylic acids is 1. The standard InChI is InChI=1S/C23H17FN2OS/c24-16-10-12-17(13-11-16)26-20(27)14-28-23(26)21-18-8-4-5-9-19(18)25-22(21)15-6-2-1-3-7-15/h1-13,23,25H,14H2. The Kier molecular flexibility index (Phi) is 4.17. The van der Waals surface area contributed by atoms with Crippen LogP contribution in [0.2, 0.25) is 0 Å². The number of aromatic amines is 1. The number of thioether (sulfide) groups is 1. The molecule has 0 aliphatic carbocycles. The molecular weight excluding hydrogens is 371 g/mol. The third kappa shape index (κ3) is 2.79. The van der Waals surface area contributed by atoms with Crippen LogP contribution in [0.4, 0.5) is 10.1 Å². The molecule has 0 saturated carbocycles. The summed E-state index contributed by atoms with van der Waals surface area (Å²) in [5.41, 5.74) is 4.93. The predicted octanol–water partition coefficient (Wildman–Crippen LogP) is 5.75. The molecule has 5 rings (SSSR count). The average molecular weight is 388 g/mol. The van der Waals surface area contributed by atoms with Crippen molar-refractivity contribution in [3.63, 3.8) is 0 Å². The van der Waals surface area contributed by atoms with Crippen LogP contribution in [-0.4, -0.2) is 16.6 Å². The highest BCUT2D eigenvalue weighted by molar-refractivity contribution is 8.00. The first kappa shape index (κ1) is 17.1. The molecule has 1 N–H and O–H groups in total. The molecular formula is C23H17FN2OS. The van der Waals surface area contributed by atoms with E-state index in [2.05, 4.69) is 29.2 Å². The van der Waals surface area contributed by atoms with Crippen LogP contribution < -0.4 is 4.90 Å². The minimum Gasteiger partial charge on any atom is -0.354 e. The lowest BCUT2D eigenvalue weighted by Crippen LogP contribution is -2.28. The van der Waals surface area contributed by atoms with Crippen LogP contribution in [0.25, 0.3) is 22.2 Å². The second-order valence-electron chi connectivity index (χ2n) is 6.73. The molecule has 1 fully saturated rings. The molecule has 1 aliphatic heterocycles. The molecule has 138 valence electrons. The lowest BCUT2D eigenvalue weighted by molar-refractivity contribution is -0.115. The number of amides is 1. The van der Waals surface area contributed by atoms with Gasteiger partial charge in [0.05, 0.1) is 11.4 Å². The van der Waals surface area contributed by atoms with Crippen LogP contribution in [0.15, 0.2) is 78.9 Å². The Hall–Kier alpha value is -3.05. The minimum absolute atomic E-state index is 0.0332. The van der Waals surface area contributed by atoms with Crippen molar-refractivity contribution in [2.45, 2.75) is 5.37 Å². The van der Waals surface area contributed by atoms with Crippen LogP contribution in [0, 0.1) is 5.82 Å². The highest BCUT2D eigenvalue weighted by atomic mass is 32.2. The fourth-order valence-electron chi connectivity index (χ4n) is 3.77. The lowest BCUT2D eigenvalue weighted by Gasteiger charge is -2.25. The van der Waals surface area contributed by atoms with Gasteiger partial charge in [0, 0.05) is 22.2 Å². The van der Waals surface area contributed by atoms with Gasteiger partial charge in [-0.1, -0.05) is 48.5 Å². The average Bonchev–Trinajstić information content (AvgIpc) is 3.30. The Morgan fingerprint density at radius 2 is 1.64 bits per heavy atom. The van der Waals surface area contributed by atoms with E-state index in [1.165, 1.54) is 12.1 Å². The zero-order chi connectivity index (χ0) is 19.1. The number of nitrogens with one attached hydrogen (secondary N) is 1. The summed E-state index contributed by atoms with van der Waals surface area (Å²) in [6.45, 7) is 0. The number of para-hydroxylation sites is 1. The Morgan fingerprint density at radius 3 is 2.43 bits per heavy atom. The summed E-state index contributed by atoms with van der Waals surface area (Å²) in [5, 5.41) is 0.921. The predicted molar refractivity (Wildman–Crippen MR) is 113 cm³/mol. The maximum atomic E-state index is 13.4. The third-order valence-corrected chi connectivity index (χ3v) is 6.20. The van der Waals surface area contributed by atoms with Crippen LogP contribution >= 0.6 is 11.8 Å². The Morgan fingerprint density at radius 1 is 0.929 bits per heavy atom. The van der Waals surface area contributed by atoms with Crippen molar-refractivity contribution in [1.29, 1.82) is 0 Å². The highest BCUT2D eigenvalue weighted by Gasteiger charge is 2.37. The second-order valence-corrected chi connectivity index (χ2v) is 7.80. The molecule has 4 aromatic rings. The highest BCUT2D eigenvalue weighted by Crippen LogP contribution is 2.47. The summed E-state index contributed by atoms with van der Waals surface area (Å²) in [4.78, 5) is 18.1. The van der Waals surface area contributed by atoms with Gasteiger partial charge in [-0.2, -0.15) is 0 Å². The lowest BCUT2D eigenvalue weighted by atomic mass is 10.0. The molecule has 0 spiro atoms. The molecule has 1 saturated heterocycles. The van der Waals surface area contributed by atoms with Crippen molar-refractivity contribution in [2.24, 2.45) is 0 Å². The van der Waals surface area contributed by atoms with Gasteiger partial charge in [0.2, 0.25) is 5.91 Å². The van der Waals surface area contributed by atoms with Gasteiger partial charge >= 0.3 is 0 Å². The van der Waals surface area contributed by atoms with E-state index in [9.17, 15) is 9.18 Å². The van der Waals surface area contributed by atoms with E-state index in [4.69, 9.17) is 0 Å². The largest absolute Gasteiger partial charge is 0.354 e. The van der Waals surface area contributed by atoms with Gasteiger partial charge in [-0.05, 0) is 35.9 Å². The molecule has 28 heavy (non-hydrogen) atoms. The SMILES string of the molecule is O=C1CSC(c2c(-c3ccccc3)[nH]c3ccccc23)N1c1ccc(F)cc1. The van der Waals surface area contributed by atoms with Gasteiger partial charge in [-0.25, -0.2) is 4.39 Å². The molecule has 2 heterocycles. The number of hydrogen-bond donors (Lipinski definition) is 1. The molecule has 5 heteroatoms. The number of anilines is 1. The summed E-state index contributed by atoms with van der Waals surface area (Å²) < 4.78 is 13.4. The number of benzene rings is 3. The van der Waals surface area contributed by atoms with E-state index in [1.54, 1.807) is 28.8 Å². The van der Waals surface area contributed by atoms with Crippen LogP contribution in [0.3, 0.4) is 0 Å². The summed E-state index contributed by atoms with van der Waals surface area (Å²) in [7, 11) is 0. The summed E-state index contributed by atoms with van der Waals surface area (Å²) in [6.07, 6.45) is 0. The maximum absolute atomic E-state index is 13.4. The van der Waals surface area contributed by atoms with Gasteiger partial charge in [0.1, 0.15) is 11.2 Å². The number of halogens is 1. The molecule has 3 aromatic carbocycles.